The highest BCUT2D eigenvalue weighted by Crippen LogP contribution is 2.14. The maximum Gasteiger partial charge on any atom is 0.321 e. The van der Waals surface area contributed by atoms with Gasteiger partial charge in [0.25, 0.3) is 0 Å². The van der Waals surface area contributed by atoms with E-state index in [2.05, 4.69) is 20.6 Å². The summed E-state index contributed by atoms with van der Waals surface area (Å²) in [6.07, 6.45) is 0. The van der Waals surface area contributed by atoms with Gasteiger partial charge in [-0.25, -0.2) is 9.78 Å². The van der Waals surface area contributed by atoms with E-state index >= 15 is 0 Å². The fourth-order valence-corrected chi connectivity index (χ4v) is 3.41. The standard InChI is InChI=1S/C18H22N4O2S/c1-13(23)15-3-5-16(6-4-15)20-18(24)22-9-7-21(8-10-22)11-17-12-25-14(2)19-17/h3-6,12H,7-11H2,1-2H3,(H,20,24). The van der Waals surface area contributed by atoms with Gasteiger partial charge in [-0.1, -0.05) is 0 Å². The Balaban J connectivity index is 1.48. The van der Waals surface area contributed by atoms with Crippen LogP contribution >= 0.6 is 11.3 Å². The molecule has 0 aliphatic carbocycles. The zero-order valence-corrected chi connectivity index (χ0v) is 15.3. The number of carbonyl (C=O) groups excluding carboxylic acids is 2. The minimum absolute atomic E-state index is 0.0179. The second-order valence-corrected chi connectivity index (χ2v) is 7.25. The topological polar surface area (TPSA) is 65.5 Å². The van der Waals surface area contributed by atoms with Crippen molar-refractivity contribution in [2.24, 2.45) is 0 Å². The number of nitrogens with one attached hydrogen (secondary N) is 1. The Labute approximate surface area is 151 Å². The van der Waals surface area contributed by atoms with Crippen LogP contribution in [0.4, 0.5) is 10.5 Å². The van der Waals surface area contributed by atoms with Crippen LogP contribution in [-0.4, -0.2) is 52.8 Å². The van der Waals surface area contributed by atoms with Gasteiger partial charge >= 0.3 is 6.03 Å². The number of urea groups is 1. The van der Waals surface area contributed by atoms with E-state index in [4.69, 9.17) is 0 Å². The van der Waals surface area contributed by atoms with Crippen LogP contribution in [0.25, 0.3) is 0 Å². The first-order valence-corrected chi connectivity index (χ1v) is 9.19. The second-order valence-electron chi connectivity index (χ2n) is 6.18. The highest BCUT2D eigenvalue weighted by atomic mass is 32.1. The quantitative estimate of drug-likeness (QED) is 0.854. The normalized spacial score (nSPS) is 15.2. The van der Waals surface area contributed by atoms with Crippen LogP contribution in [0.15, 0.2) is 29.6 Å². The number of amides is 2. The summed E-state index contributed by atoms with van der Waals surface area (Å²) in [5.41, 5.74) is 2.45. The maximum atomic E-state index is 12.4. The second kappa shape index (κ2) is 7.76. The summed E-state index contributed by atoms with van der Waals surface area (Å²) in [6.45, 7) is 7.45. The van der Waals surface area contributed by atoms with Crippen molar-refractivity contribution in [3.8, 4) is 0 Å². The first-order valence-electron chi connectivity index (χ1n) is 8.31. The molecule has 2 amide bonds. The van der Waals surface area contributed by atoms with Gasteiger partial charge < -0.3 is 10.2 Å². The lowest BCUT2D eigenvalue weighted by Gasteiger charge is -2.34. The first kappa shape index (κ1) is 17.6. The molecule has 1 aromatic carbocycles. The molecule has 1 saturated heterocycles. The summed E-state index contributed by atoms with van der Waals surface area (Å²) in [7, 11) is 0. The van der Waals surface area contributed by atoms with Crippen molar-refractivity contribution in [1.82, 2.24) is 14.8 Å². The van der Waals surface area contributed by atoms with Crippen molar-refractivity contribution in [2.45, 2.75) is 20.4 Å². The number of nitrogens with zero attached hydrogens (tertiary/aromatic N) is 3. The van der Waals surface area contributed by atoms with Crippen LogP contribution < -0.4 is 5.32 Å². The molecule has 0 radical (unpaired) electrons. The SMILES string of the molecule is CC(=O)c1ccc(NC(=O)N2CCN(Cc3csc(C)n3)CC2)cc1. The molecule has 0 unspecified atom stereocenters. The Morgan fingerprint density at radius 1 is 1.16 bits per heavy atom. The molecule has 132 valence electrons. The number of piperazine rings is 1. The third kappa shape index (κ3) is 4.64. The Kier molecular flexibility index (Phi) is 5.45. The van der Waals surface area contributed by atoms with Crippen LogP contribution in [0.3, 0.4) is 0 Å². The molecule has 2 aromatic rings. The smallest absolute Gasteiger partial charge is 0.321 e. The van der Waals surface area contributed by atoms with E-state index in [-0.39, 0.29) is 11.8 Å². The number of rotatable bonds is 4. The van der Waals surface area contributed by atoms with Gasteiger partial charge in [0.2, 0.25) is 0 Å². The molecule has 3 rings (SSSR count). The van der Waals surface area contributed by atoms with Crippen molar-refractivity contribution in [2.75, 3.05) is 31.5 Å². The highest BCUT2D eigenvalue weighted by Gasteiger charge is 2.21. The van der Waals surface area contributed by atoms with Crippen LogP contribution in [0.2, 0.25) is 0 Å². The molecule has 6 nitrogen and oxygen atoms in total. The fourth-order valence-electron chi connectivity index (χ4n) is 2.81. The number of aryl methyl sites for hydroxylation is 1. The third-order valence-corrected chi connectivity index (χ3v) is 5.08. The Morgan fingerprint density at radius 3 is 2.40 bits per heavy atom. The Morgan fingerprint density at radius 2 is 1.84 bits per heavy atom. The van der Waals surface area contributed by atoms with Gasteiger partial charge in [-0.3, -0.25) is 9.69 Å². The fraction of sp³-hybridized carbons (Fsp3) is 0.389. The summed E-state index contributed by atoms with van der Waals surface area (Å²) in [4.78, 5) is 32.3. The van der Waals surface area contributed by atoms with Gasteiger partial charge in [-0.2, -0.15) is 0 Å². The molecule has 1 fully saturated rings. The number of aromatic nitrogens is 1. The highest BCUT2D eigenvalue weighted by molar-refractivity contribution is 7.09. The lowest BCUT2D eigenvalue weighted by Crippen LogP contribution is -2.49. The summed E-state index contributed by atoms with van der Waals surface area (Å²) < 4.78 is 0. The molecule has 1 aromatic heterocycles. The van der Waals surface area contributed by atoms with Gasteiger partial charge in [-0.15, -0.1) is 11.3 Å². The van der Waals surface area contributed by atoms with E-state index in [1.165, 1.54) is 6.92 Å². The molecule has 1 aliphatic rings. The number of Topliss-reactive ketones (excluding diaryl/α,β-unsaturated/α-hetero) is 1. The van der Waals surface area contributed by atoms with E-state index in [1.54, 1.807) is 35.6 Å². The van der Waals surface area contributed by atoms with Crippen LogP contribution in [-0.2, 0) is 6.54 Å². The van der Waals surface area contributed by atoms with E-state index in [0.717, 1.165) is 30.3 Å². The number of hydrogen-bond acceptors (Lipinski definition) is 5. The number of anilines is 1. The van der Waals surface area contributed by atoms with Crippen molar-refractivity contribution in [3.63, 3.8) is 0 Å². The van der Waals surface area contributed by atoms with Gasteiger partial charge in [0.15, 0.2) is 5.78 Å². The van der Waals surface area contributed by atoms with Crippen LogP contribution in [0, 0.1) is 6.92 Å². The summed E-state index contributed by atoms with van der Waals surface area (Å²) in [5, 5.41) is 6.08. The van der Waals surface area contributed by atoms with E-state index in [9.17, 15) is 9.59 Å². The molecular formula is C18H22N4O2S. The van der Waals surface area contributed by atoms with E-state index < -0.39 is 0 Å². The molecular weight excluding hydrogens is 336 g/mol. The van der Waals surface area contributed by atoms with Crippen LogP contribution in [0.1, 0.15) is 28.0 Å². The summed E-state index contributed by atoms with van der Waals surface area (Å²) >= 11 is 1.67. The lowest BCUT2D eigenvalue weighted by atomic mass is 10.1. The van der Waals surface area contributed by atoms with E-state index in [1.807, 2.05) is 11.8 Å². The number of ketones is 1. The van der Waals surface area contributed by atoms with Gasteiger partial charge in [-0.05, 0) is 38.1 Å². The molecule has 0 spiro atoms. The molecule has 0 atom stereocenters. The number of carbonyl (C=O) groups is 2. The molecule has 7 heteroatoms. The molecule has 0 bridgehead atoms. The van der Waals surface area contributed by atoms with Crippen molar-refractivity contribution in [1.29, 1.82) is 0 Å². The van der Waals surface area contributed by atoms with Gasteiger partial charge in [0.05, 0.1) is 10.7 Å². The van der Waals surface area contributed by atoms with Crippen molar-refractivity contribution < 1.29 is 9.59 Å². The first-order chi connectivity index (χ1) is 12.0. The summed E-state index contributed by atoms with van der Waals surface area (Å²) in [6, 6.07) is 6.88. The van der Waals surface area contributed by atoms with Crippen LogP contribution in [0.5, 0.6) is 0 Å². The zero-order valence-electron chi connectivity index (χ0n) is 14.5. The average Bonchev–Trinajstić information content (AvgIpc) is 3.01. The van der Waals surface area contributed by atoms with Crippen molar-refractivity contribution >= 4 is 28.8 Å². The molecule has 25 heavy (non-hydrogen) atoms. The number of thiazole rings is 1. The largest absolute Gasteiger partial charge is 0.322 e. The number of benzene rings is 1. The third-order valence-electron chi connectivity index (χ3n) is 4.25. The monoisotopic (exact) mass is 358 g/mol. The predicted molar refractivity (Wildman–Crippen MR) is 99.2 cm³/mol. The molecule has 1 N–H and O–H groups in total. The maximum absolute atomic E-state index is 12.4. The lowest BCUT2D eigenvalue weighted by molar-refractivity contribution is 0.101. The summed E-state index contributed by atoms with van der Waals surface area (Å²) in [5.74, 6) is 0.0179. The van der Waals surface area contributed by atoms with Crippen molar-refractivity contribution in [3.05, 3.63) is 45.9 Å². The predicted octanol–water partition coefficient (Wildman–Crippen LogP) is 3.00. The Bertz CT molecular complexity index is 749. The minimum Gasteiger partial charge on any atom is -0.322 e. The minimum atomic E-state index is -0.0975. The average molecular weight is 358 g/mol. The van der Waals surface area contributed by atoms with E-state index in [0.29, 0.717) is 24.3 Å². The molecule has 0 saturated carbocycles. The van der Waals surface area contributed by atoms with Gasteiger partial charge in [0.1, 0.15) is 0 Å². The Hall–Kier alpha value is -2.25. The zero-order chi connectivity index (χ0) is 17.8. The molecule has 2 heterocycles. The molecule has 1 aliphatic heterocycles. The number of hydrogen-bond donors (Lipinski definition) is 1. The van der Waals surface area contributed by atoms with Gasteiger partial charge in [0, 0.05) is 49.4 Å².